The van der Waals surface area contributed by atoms with Crippen molar-refractivity contribution in [1.82, 2.24) is 0 Å². The zero-order valence-electron chi connectivity index (χ0n) is 18.3. The molecule has 3 aromatic rings. The molecule has 32 heavy (non-hydrogen) atoms. The average Bonchev–Trinajstić information content (AvgIpc) is 3.40. The van der Waals surface area contributed by atoms with Gasteiger partial charge in [-0.1, -0.05) is 65.7 Å². The van der Waals surface area contributed by atoms with Gasteiger partial charge in [-0.3, -0.25) is 0 Å². The number of phenols is 1. The topological polar surface area (TPSA) is 57.5 Å². The van der Waals surface area contributed by atoms with Crippen molar-refractivity contribution in [2.24, 2.45) is 5.92 Å². The van der Waals surface area contributed by atoms with E-state index < -0.39 is 5.97 Å². The van der Waals surface area contributed by atoms with Gasteiger partial charge in [0.05, 0.1) is 0 Å². The van der Waals surface area contributed by atoms with E-state index in [0.717, 1.165) is 66.2 Å². The van der Waals surface area contributed by atoms with Gasteiger partial charge in [-0.2, -0.15) is 0 Å². The van der Waals surface area contributed by atoms with Crippen LogP contribution in [0.3, 0.4) is 0 Å². The lowest BCUT2D eigenvalue weighted by Gasteiger charge is -2.22. The van der Waals surface area contributed by atoms with Crippen LogP contribution in [0.2, 0.25) is 0 Å². The lowest BCUT2D eigenvalue weighted by atomic mass is 9.84. The zero-order valence-corrected chi connectivity index (χ0v) is 20.7. The highest BCUT2D eigenvalue weighted by molar-refractivity contribution is 9.11. The molecule has 0 saturated carbocycles. The minimum Gasteiger partial charge on any atom is -0.507 e. The van der Waals surface area contributed by atoms with Crippen LogP contribution in [0.15, 0.2) is 53.0 Å². The van der Waals surface area contributed by atoms with Crippen molar-refractivity contribution in [2.45, 2.75) is 57.8 Å². The Bertz CT molecular complexity index is 1150. The molecule has 3 nitrogen and oxygen atoms in total. The molecule has 0 spiro atoms. The van der Waals surface area contributed by atoms with E-state index in [1.807, 2.05) is 6.07 Å². The first kappa shape index (κ1) is 23.1. The first-order valence-corrected chi connectivity index (χ1v) is 13.0. The number of carboxylic acids is 1. The van der Waals surface area contributed by atoms with Gasteiger partial charge in [0.25, 0.3) is 0 Å². The molecule has 1 aromatic heterocycles. The molecule has 0 amide bonds. The fourth-order valence-electron chi connectivity index (χ4n) is 4.77. The third kappa shape index (κ3) is 4.94. The number of carboxylic acid groups (broad SMARTS) is 1. The number of aryl methyl sites for hydroxylation is 2. The molecule has 4 rings (SSSR count). The summed E-state index contributed by atoms with van der Waals surface area (Å²) in [6.45, 7) is 2.17. The summed E-state index contributed by atoms with van der Waals surface area (Å²) in [6.07, 6.45) is 9.52. The smallest absolute Gasteiger partial charge is 0.345 e. The Morgan fingerprint density at radius 2 is 1.97 bits per heavy atom. The molecule has 5 heteroatoms. The van der Waals surface area contributed by atoms with E-state index >= 15 is 0 Å². The Morgan fingerprint density at radius 3 is 2.72 bits per heavy atom. The second-order valence-electron chi connectivity index (χ2n) is 8.68. The molecule has 1 aliphatic carbocycles. The molecule has 168 valence electrons. The first-order chi connectivity index (χ1) is 15.5. The summed E-state index contributed by atoms with van der Waals surface area (Å²) in [4.78, 5) is 12.7. The van der Waals surface area contributed by atoms with Crippen LogP contribution in [0.25, 0.3) is 10.8 Å². The van der Waals surface area contributed by atoms with Crippen LogP contribution in [0.5, 0.6) is 5.75 Å². The molecule has 2 atom stereocenters. The third-order valence-corrected chi connectivity index (χ3v) is 8.46. The number of unbranched alkanes of at least 4 members (excludes halogenated alkanes) is 1. The maximum Gasteiger partial charge on any atom is 0.345 e. The number of hydrogen-bond donors (Lipinski definition) is 2. The largest absolute Gasteiger partial charge is 0.507 e. The number of hydrogen-bond acceptors (Lipinski definition) is 3. The molecule has 0 bridgehead atoms. The lowest BCUT2D eigenvalue weighted by Crippen LogP contribution is -2.09. The normalized spacial score (nSPS) is 18.2. The van der Waals surface area contributed by atoms with E-state index in [1.54, 1.807) is 6.07 Å². The molecule has 1 unspecified atom stereocenters. The van der Waals surface area contributed by atoms with Crippen molar-refractivity contribution < 1.29 is 15.0 Å². The van der Waals surface area contributed by atoms with Crippen molar-refractivity contribution in [1.29, 1.82) is 0 Å². The monoisotopic (exact) mass is 512 g/mol. The van der Waals surface area contributed by atoms with Gasteiger partial charge >= 0.3 is 5.97 Å². The number of rotatable bonds is 9. The van der Waals surface area contributed by atoms with E-state index in [0.29, 0.717) is 22.5 Å². The van der Waals surface area contributed by atoms with Gasteiger partial charge in [0.1, 0.15) is 10.6 Å². The number of aromatic carboxylic acids is 1. The highest BCUT2D eigenvalue weighted by atomic mass is 79.9. The molecule has 0 saturated heterocycles. The number of carbonyl (C=O) groups is 1. The van der Waals surface area contributed by atoms with Gasteiger partial charge in [0.2, 0.25) is 0 Å². The van der Waals surface area contributed by atoms with Gasteiger partial charge in [-0.15, -0.1) is 11.3 Å². The molecular formula is C27H29BrO3S. The van der Waals surface area contributed by atoms with Crippen LogP contribution in [0, 0.1) is 5.92 Å². The fourth-order valence-corrected chi connectivity index (χ4v) is 6.49. The Balaban J connectivity index is 1.47. The quantitative estimate of drug-likeness (QED) is 0.304. The van der Waals surface area contributed by atoms with Crippen LogP contribution >= 0.6 is 27.3 Å². The predicted molar refractivity (Wildman–Crippen MR) is 136 cm³/mol. The van der Waals surface area contributed by atoms with Crippen LogP contribution in [0.1, 0.15) is 70.6 Å². The molecule has 2 aromatic carbocycles. The Kier molecular flexibility index (Phi) is 7.37. The number of allylic oxidation sites excluding steroid dienone is 2. The first-order valence-electron chi connectivity index (χ1n) is 11.4. The number of benzene rings is 2. The van der Waals surface area contributed by atoms with Gasteiger partial charge in [-0.25, -0.2) is 4.79 Å². The molecule has 1 aliphatic rings. The van der Waals surface area contributed by atoms with Gasteiger partial charge < -0.3 is 10.2 Å². The van der Waals surface area contributed by atoms with Crippen LogP contribution in [0.4, 0.5) is 0 Å². The van der Waals surface area contributed by atoms with Crippen LogP contribution < -0.4 is 0 Å². The molecule has 2 N–H and O–H groups in total. The van der Waals surface area contributed by atoms with Crippen molar-refractivity contribution >= 4 is 44.0 Å². The van der Waals surface area contributed by atoms with Crippen molar-refractivity contribution in [3.8, 4) is 5.75 Å². The lowest BCUT2D eigenvalue weighted by molar-refractivity contribution is 0.0702. The highest BCUT2D eigenvalue weighted by Crippen LogP contribution is 2.46. The van der Waals surface area contributed by atoms with Gasteiger partial charge in [-0.05, 0) is 77.6 Å². The van der Waals surface area contributed by atoms with Crippen molar-refractivity contribution in [3.05, 3.63) is 73.9 Å². The molecule has 0 radical (unpaired) electrons. The molecular weight excluding hydrogens is 484 g/mol. The maximum atomic E-state index is 11.1. The Hall–Kier alpha value is -2.11. The predicted octanol–water partition coefficient (Wildman–Crippen LogP) is 8.05. The minimum atomic E-state index is -0.843. The summed E-state index contributed by atoms with van der Waals surface area (Å²) >= 11 is 5.19. The van der Waals surface area contributed by atoms with E-state index in [2.05, 4.69) is 59.3 Å². The molecule has 1 heterocycles. The second kappa shape index (κ2) is 10.2. The number of aromatic hydroxyl groups is 1. The molecule has 0 aliphatic heterocycles. The zero-order chi connectivity index (χ0) is 22.7. The fraction of sp³-hybridized carbons (Fsp3) is 0.370. The maximum absolute atomic E-state index is 11.1. The minimum absolute atomic E-state index is 0.333. The van der Waals surface area contributed by atoms with Gasteiger partial charge in [0, 0.05) is 16.2 Å². The summed E-state index contributed by atoms with van der Waals surface area (Å²) < 4.78 is 1.25. The summed E-state index contributed by atoms with van der Waals surface area (Å²) in [5.41, 5.74) is 2.32. The Labute approximate surface area is 201 Å². The summed E-state index contributed by atoms with van der Waals surface area (Å²) in [5, 5.41) is 21.9. The van der Waals surface area contributed by atoms with Crippen molar-refractivity contribution in [2.75, 3.05) is 0 Å². The second-order valence-corrected chi connectivity index (χ2v) is 10.8. The number of phenolic OH excluding ortho intramolecular Hbond substituents is 1. The number of halogens is 1. The third-order valence-electron chi connectivity index (χ3n) is 6.51. The van der Waals surface area contributed by atoms with Gasteiger partial charge in [0.15, 0.2) is 0 Å². The van der Waals surface area contributed by atoms with Crippen LogP contribution in [-0.2, 0) is 12.8 Å². The standard InChI is InChI=1S/C27H29BrO3S/c1-2-3-5-18-8-9-19-16-20(10-13-22(19)26(18)29)25-17(11-14-23(25)28)6-4-7-21-12-15-24(32-21)27(30)31/h8-10,12-17,25,29H,2-7,11H2,1H3,(H,30,31)/t17-,25?/m0/s1. The van der Waals surface area contributed by atoms with E-state index in [9.17, 15) is 9.90 Å². The average molecular weight is 513 g/mol. The van der Waals surface area contributed by atoms with Crippen molar-refractivity contribution in [3.63, 3.8) is 0 Å². The van der Waals surface area contributed by atoms with E-state index in [4.69, 9.17) is 5.11 Å². The highest BCUT2D eigenvalue weighted by Gasteiger charge is 2.29. The SMILES string of the molecule is CCCCc1ccc2cc(C3C(Br)=CC[C@@H]3CCCc3ccc(C(=O)O)s3)ccc2c1O. The molecule has 0 fully saturated rings. The number of fused-ring (bicyclic) bond motifs is 1. The summed E-state index contributed by atoms with van der Waals surface area (Å²) in [5.74, 6) is 0.444. The summed E-state index contributed by atoms with van der Waals surface area (Å²) in [7, 11) is 0. The number of thiophene rings is 1. The van der Waals surface area contributed by atoms with E-state index in [-0.39, 0.29) is 0 Å². The van der Waals surface area contributed by atoms with Crippen LogP contribution in [-0.4, -0.2) is 16.2 Å². The van der Waals surface area contributed by atoms with E-state index in [1.165, 1.54) is 21.4 Å². The Morgan fingerprint density at radius 1 is 1.12 bits per heavy atom. The summed E-state index contributed by atoms with van der Waals surface area (Å²) in [6, 6.07) is 14.3.